The molecule has 0 aliphatic carbocycles. The molecule has 0 aromatic heterocycles. The van der Waals surface area contributed by atoms with Crippen molar-refractivity contribution in [3.05, 3.63) is 0 Å². The maximum atomic E-state index is 10.5. The minimum Gasteiger partial charge on any atom is -0.481 e. The molecule has 2 rings (SSSR count). The molecule has 4 heteroatoms. The summed E-state index contributed by atoms with van der Waals surface area (Å²) >= 11 is 1.63. The van der Waals surface area contributed by atoms with E-state index in [1.165, 1.54) is 25.7 Å². The fraction of sp³-hybridized carbons (Fsp3) is 0.900. The smallest absolute Gasteiger partial charge is 0.313 e. The van der Waals surface area contributed by atoms with E-state index in [0.717, 1.165) is 12.1 Å². The highest BCUT2D eigenvalue weighted by atomic mass is 32.2. The Hall–Kier alpha value is -0.220. The van der Waals surface area contributed by atoms with Crippen molar-refractivity contribution in [3.8, 4) is 0 Å². The van der Waals surface area contributed by atoms with Gasteiger partial charge in [0.05, 0.1) is 5.75 Å². The number of hydrogen-bond donors (Lipinski definition) is 1. The Bertz CT molecular complexity index is 220. The molecule has 3 nitrogen and oxygen atoms in total. The quantitative estimate of drug-likeness (QED) is 0.773. The van der Waals surface area contributed by atoms with Crippen molar-refractivity contribution in [1.29, 1.82) is 0 Å². The van der Waals surface area contributed by atoms with E-state index in [0.29, 0.717) is 5.25 Å². The minimum atomic E-state index is -0.679. The van der Waals surface area contributed by atoms with Gasteiger partial charge in [-0.25, -0.2) is 0 Å². The third kappa shape index (κ3) is 2.06. The van der Waals surface area contributed by atoms with Crippen LogP contribution in [0.3, 0.4) is 0 Å². The summed E-state index contributed by atoms with van der Waals surface area (Å²) in [6, 6.07) is 1.44. The normalized spacial score (nSPS) is 37.4. The lowest BCUT2D eigenvalue weighted by Crippen LogP contribution is -2.41. The molecule has 0 spiro atoms. The van der Waals surface area contributed by atoms with Gasteiger partial charge in [0.1, 0.15) is 0 Å². The lowest BCUT2D eigenvalue weighted by atomic mass is 10.0. The summed E-state index contributed by atoms with van der Waals surface area (Å²) < 4.78 is 0. The number of fused-ring (bicyclic) bond motifs is 2. The number of carboxylic acids is 1. The first kappa shape index (κ1) is 10.3. The molecular weight excluding hydrogens is 198 g/mol. The summed E-state index contributed by atoms with van der Waals surface area (Å²) in [6.45, 7) is 0. The van der Waals surface area contributed by atoms with E-state index in [1.807, 2.05) is 0 Å². The van der Waals surface area contributed by atoms with Gasteiger partial charge >= 0.3 is 5.97 Å². The van der Waals surface area contributed by atoms with Gasteiger partial charge in [-0.3, -0.25) is 4.79 Å². The van der Waals surface area contributed by atoms with Crippen molar-refractivity contribution in [3.63, 3.8) is 0 Å². The van der Waals surface area contributed by atoms with Gasteiger partial charge in [-0.15, -0.1) is 11.8 Å². The number of carbonyl (C=O) groups is 1. The van der Waals surface area contributed by atoms with Crippen LogP contribution in [0.4, 0.5) is 0 Å². The first-order chi connectivity index (χ1) is 6.66. The highest BCUT2D eigenvalue weighted by molar-refractivity contribution is 8.00. The minimum absolute atomic E-state index is 0.272. The van der Waals surface area contributed by atoms with E-state index >= 15 is 0 Å². The van der Waals surface area contributed by atoms with E-state index in [-0.39, 0.29) is 5.75 Å². The molecule has 2 fully saturated rings. The van der Waals surface area contributed by atoms with Crippen molar-refractivity contribution in [2.45, 2.75) is 43.0 Å². The first-order valence-electron chi connectivity index (χ1n) is 5.22. The highest BCUT2D eigenvalue weighted by Gasteiger charge is 2.38. The molecule has 2 bridgehead atoms. The van der Waals surface area contributed by atoms with Gasteiger partial charge in [0.25, 0.3) is 0 Å². The van der Waals surface area contributed by atoms with Gasteiger partial charge in [-0.05, 0) is 32.7 Å². The second-order valence-corrected chi connectivity index (χ2v) is 5.64. The molecule has 2 unspecified atom stereocenters. The van der Waals surface area contributed by atoms with Crippen LogP contribution >= 0.6 is 11.8 Å². The van der Waals surface area contributed by atoms with Crippen LogP contribution in [-0.4, -0.2) is 46.1 Å². The summed E-state index contributed by atoms with van der Waals surface area (Å²) in [6.07, 6.45) is 4.99. The second-order valence-electron chi connectivity index (χ2n) is 4.35. The number of rotatable bonds is 3. The zero-order valence-corrected chi connectivity index (χ0v) is 9.30. The van der Waals surface area contributed by atoms with E-state index in [4.69, 9.17) is 5.11 Å². The molecule has 14 heavy (non-hydrogen) atoms. The molecule has 2 aliphatic rings. The summed E-state index contributed by atoms with van der Waals surface area (Å²) in [5.74, 6) is -0.408. The van der Waals surface area contributed by atoms with E-state index in [1.54, 1.807) is 11.8 Å². The number of piperidine rings is 1. The maximum Gasteiger partial charge on any atom is 0.313 e. The zero-order valence-electron chi connectivity index (χ0n) is 8.48. The third-order valence-corrected chi connectivity index (χ3v) is 4.77. The average molecular weight is 215 g/mol. The van der Waals surface area contributed by atoms with Crippen molar-refractivity contribution < 1.29 is 9.90 Å². The Labute approximate surface area is 88.9 Å². The molecule has 0 amide bonds. The van der Waals surface area contributed by atoms with Crippen molar-refractivity contribution >= 4 is 17.7 Å². The van der Waals surface area contributed by atoms with Crippen LogP contribution < -0.4 is 0 Å². The summed E-state index contributed by atoms with van der Waals surface area (Å²) in [5, 5.41) is 9.20. The standard InChI is InChI=1S/C10H17NO2S/c1-11-7-2-3-8(11)5-9(4-7)14-6-10(12)13/h7-9H,2-6H2,1H3,(H,12,13). The van der Waals surface area contributed by atoms with Crippen LogP contribution in [0.25, 0.3) is 0 Å². The molecule has 2 atom stereocenters. The molecule has 0 aromatic rings. The Morgan fingerprint density at radius 1 is 1.43 bits per heavy atom. The molecule has 1 N–H and O–H groups in total. The van der Waals surface area contributed by atoms with Crippen LogP contribution in [0.5, 0.6) is 0 Å². The van der Waals surface area contributed by atoms with E-state index in [9.17, 15) is 4.79 Å². The highest BCUT2D eigenvalue weighted by Crippen LogP contribution is 2.38. The van der Waals surface area contributed by atoms with Gasteiger partial charge in [0.15, 0.2) is 0 Å². The Morgan fingerprint density at radius 3 is 2.50 bits per heavy atom. The molecule has 0 saturated carbocycles. The number of carboxylic acid groups (broad SMARTS) is 1. The van der Waals surface area contributed by atoms with Crippen LogP contribution in [0, 0.1) is 0 Å². The predicted molar refractivity (Wildman–Crippen MR) is 57.7 cm³/mol. The fourth-order valence-corrected chi connectivity index (χ4v) is 3.78. The largest absolute Gasteiger partial charge is 0.481 e. The first-order valence-corrected chi connectivity index (χ1v) is 6.27. The van der Waals surface area contributed by atoms with Gasteiger partial charge in [-0.1, -0.05) is 0 Å². The van der Waals surface area contributed by atoms with Crippen LogP contribution in [0.1, 0.15) is 25.7 Å². The lowest BCUT2D eigenvalue weighted by Gasteiger charge is -2.35. The molecule has 0 radical (unpaired) electrons. The average Bonchev–Trinajstić information content (AvgIpc) is 2.41. The number of nitrogens with zero attached hydrogens (tertiary/aromatic N) is 1. The van der Waals surface area contributed by atoms with Crippen LogP contribution in [-0.2, 0) is 4.79 Å². The van der Waals surface area contributed by atoms with Crippen molar-refractivity contribution in [2.24, 2.45) is 0 Å². The Balaban J connectivity index is 1.84. The lowest BCUT2D eigenvalue weighted by molar-refractivity contribution is -0.133. The third-order valence-electron chi connectivity index (χ3n) is 3.50. The van der Waals surface area contributed by atoms with Crippen LogP contribution in [0.2, 0.25) is 0 Å². The summed E-state index contributed by atoms with van der Waals surface area (Å²) in [4.78, 5) is 12.9. The molecule has 80 valence electrons. The monoisotopic (exact) mass is 215 g/mol. The van der Waals surface area contributed by atoms with Crippen LogP contribution in [0.15, 0.2) is 0 Å². The number of hydrogen-bond acceptors (Lipinski definition) is 3. The van der Waals surface area contributed by atoms with Gasteiger partial charge in [0.2, 0.25) is 0 Å². The Morgan fingerprint density at radius 2 is 2.00 bits per heavy atom. The zero-order chi connectivity index (χ0) is 10.1. The second kappa shape index (κ2) is 4.11. The number of thioether (sulfide) groups is 1. The maximum absolute atomic E-state index is 10.5. The summed E-state index contributed by atoms with van der Waals surface area (Å²) in [5.41, 5.74) is 0. The van der Waals surface area contributed by atoms with Crippen molar-refractivity contribution in [2.75, 3.05) is 12.8 Å². The van der Waals surface area contributed by atoms with E-state index in [2.05, 4.69) is 11.9 Å². The van der Waals surface area contributed by atoms with E-state index < -0.39 is 5.97 Å². The molecule has 2 aliphatic heterocycles. The van der Waals surface area contributed by atoms with Gasteiger partial charge < -0.3 is 10.0 Å². The number of aliphatic carboxylic acids is 1. The summed E-state index contributed by atoms with van der Waals surface area (Å²) in [7, 11) is 2.21. The van der Waals surface area contributed by atoms with Gasteiger partial charge in [-0.2, -0.15) is 0 Å². The van der Waals surface area contributed by atoms with Gasteiger partial charge in [0, 0.05) is 17.3 Å². The van der Waals surface area contributed by atoms with Crippen molar-refractivity contribution in [1.82, 2.24) is 4.90 Å². The predicted octanol–water partition coefficient (Wildman–Crippen LogP) is 1.43. The fourth-order valence-electron chi connectivity index (χ4n) is 2.69. The Kier molecular flexibility index (Phi) is 3.02. The molecule has 2 saturated heterocycles. The topological polar surface area (TPSA) is 40.5 Å². The SMILES string of the molecule is CN1C2CCC1CC(SCC(=O)O)C2. The molecular formula is C10H17NO2S. The molecule has 2 heterocycles. The molecule has 0 aromatic carbocycles.